The van der Waals surface area contributed by atoms with Gasteiger partial charge in [0.25, 0.3) is 0 Å². The van der Waals surface area contributed by atoms with E-state index < -0.39 is 0 Å². The van der Waals surface area contributed by atoms with Gasteiger partial charge in [0.05, 0.1) is 10.7 Å². The zero-order valence-electron chi connectivity index (χ0n) is 11.0. The Morgan fingerprint density at radius 2 is 1.76 bits per heavy atom. The Kier molecular flexibility index (Phi) is 5.29. The second-order valence-corrected chi connectivity index (χ2v) is 5.38. The highest BCUT2D eigenvalue weighted by atomic mass is 35.5. The van der Waals surface area contributed by atoms with E-state index >= 15 is 0 Å². The standard InChI is InChI=1S/C16H12Cl3NO/c1-11(12-5-3-2-4-6-12)20(16(21)10-17)15-8-7-13(18)9-14(15)19/h2-9H,1,10H2. The van der Waals surface area contributed by atoms with Gasteiger partial charge in [0.15, 0.2) is 0 Å². The van der Waals surface area contributed by atoms with Gasteiger partial charge in [0, 0.05) is 10.7 Å². The zero-order valence-corrected chi connectivity index (χ0v) is 13.3. The molecular formula is C16H12Cl3NO. The minimum Gasteiger partial charge on any atom is -0.279 e. The van der Waals surface area contributed by atoms with Crippen LogP contribution in [0.25, 0.3) is 5.70 Å². The Bertz CT molecular complexity index is 670. The minimum atomic E-state index is -0.310. The van der Waals surface area contributed by atoms with Gasteiger partial charge in [-0.3, -0.25) is 9.69 Å². The van der Waals surface area contributed by atoms with Crippen molar-refractivity contribution in [2.75, 3.05) is 10.8 Å². The molecule has 2 rings (SSSR count). The zero-order chi connectivity index (χ0) is 15.4. The molecule has 5 heteroatoms. The number of alkyl halides is 1. The molecule has 2 nitrogen and oxygen atoms in total. The first-order valence-electron chi connectivity index (χ1n) is 6.13. The molecular weight excluding hydrogens is 329 g/mol. The number of amides is 1. The van der Waals surface area contributed by atoms with E-state index in [0.29, 0.717) is 21.4 Å². The summed E-state index contributed by atoms with van der Waals surface area (Å²) in [6.45, 7) is 3.99. The molecule has 0 heterocycles. The highest BCUT2D eigenvalue weighted by Gasteiger charge is 2.21. The van der Waals surface area contributed by atoms with Crippen LogP contribution < -0.4 is 4.90 Å². The molecule has 1 amide bonds. The average Bonchev–Trinajstić information content (AvgIpc) is 2.50. The summed E-state index contributed by atoms with van der Waals surface area (Å²) in [7, 11) is 0. The number of rotatable bonds is 4. The molecule has 21 heavy (non-hydrogen) atoms. The molecule has 0 spiro atoms. The second-order valence-electron chi connectivity index (χ2n) is 4.27. The number of carbonyl (C=O) groups is 1. The summed E-state index contributed by atoms with van der Waals surface area (Å²) in [5.74, 6) is -0.486. The molecule has 0 radical (unpaired) electrons. The Labute approximate surface area is 138 Å². The van der Waals surface area contributed by atoms with Crippen LogP contribution in [-0.2, 0) is 4.79 Å². The van der Waals surface area contributed by atoms with Crippen LogP contribution in [0.4, 0.5) is 5.69 Å². The predicted octanol–water partition coefficient (Wildman–Crippen LogP) is 5.24. The molecule has 0 aliphatic carbocycles. The van der Waals surface area contributed by atoms with Gasteiger partial charge in [-0.2, -0.15) is 0 Å². The summed E-state index contributed by atoms with van der Waals surface area (Å²) >= 11 is 17.8. The maximum absolute atomic E-state index is 12.2. The first-order valence-corrected chi connectivity index (χ1v) is 7.42. The van der Waals surface area contributed by atoms with Crippen molar-refractivity contribution in [3.8, 4) is 0 Å². The molecule has 0 aromatic heterocycles. The normalized spacial score (nSPS) is 10.2. The summed E-state index contributed by atoms with van der Waals surface area (Å²) in [4.78, 5) is 13.6. The van der Waals surface area contributed by atoms with E-state index in [1.807, 2.05) is 30.3 Å². The Morgan fingerprint density at radius 3 is 2.33 bits per heavy atom. The smallest absolute Gasteiger partial charge is 0.246 e. The summed E-state index contributed by atoms with van der Waals surface area (Å²) in [6.07, 6.45) is 0. The lowest BCUT2D eigenvalue weighted by atomic mass is 10.1. The van der Waals surface area contributed by atoms with Crippen molar-refractivity contribution < 1.29 is 4.79 Å². The largest absolute Gasteiger partial charge is 0.279 e. The maximum atomic E-state index is 12.2. The third kappa shape index (κ3) is 3.59. The molecule has 0 saturated carbocycles. The second kappa shape index (κ2) is 6.99. The molecule has 108 valence electrons. The molecule has 0 aliphatic rings. The van der Waals surface area contributed by atoms with Crippen molar-refractivity contribution in [2.24, 2.45) is 0 Å². The van der Waals surface area contributed by atoms with E-state index in [1.54, 1.807) is 18.2 Å². The number of benzene rings is 2. The lowest BCUT2D eigenvalue weighted by molar-refractivity contribution is -0.115. The van der Waals surface area contributed by atoms with Gasteiger partial charge in [0.2, 0.25) is 5.91 Å². The van der Waals surface area contributed by atoms with Crippen LogP contribution in [0.2, 0.25) is 10.0 Å². The van der Waals surface area contributed by atoms with Crippen LogP contribution in [0.15, 0.2) is 55.1 Å². The number of halogens is 3. The molecule has 0 atom stereocenters. The minimum absolute atomic E-state index is 0.176. The first-order chi connectivity index (χ1) is 10.0. The molecule has 0 N–H and O–H groups in total. The predicted molar refractivity (Wildman–Crippen MR) is 90.1 cm³/mol. The maximum Gasteiger partial charge on any atom is 0.246 e. The molecule has 2 aromatic rings. The molecule has 0 bridgehead atoms. The van der Waals surface area contributed by atoms with Crippen molar-refractivity contribution >= 4 is 52.1 Å². The Balaban J connectivity index is 2.49. The highest BCUT2D eigenvalue weighted by Crippen LogP contribution is 2.33. The summed E-state index contributed by atoms with van der Waals surface area (Å²) in [5.41, 5.74) is 1.81. The summed E-state index contributed by atoms with van der Waals surface area (Å²) in [6, 6.07) is 14.3. The van der Waals surface area contributed by atoms with Crippen LogP contribution in [0.5, 0.6) is 0 Å². The molecule has 0 fully saturated rings. The van der Waals surface area contributed by atoms with Crippen molar-refractivity contribution in [1.29, 1.82) is 0 Å². The van der Waals surface area contributed by atoms with Gasteiger partial charge in [-0.1, -0.05) is 60.1 Å². The third-order valence-electron chi connectivity index (χ3n) is 2.89. The number of nitrogens with zero attached hydrogens (tertiary/aromatic N) is 1. The summed E-state index contributed by atoms with van der Waals surface area (Å²) in [5, 5.41) is 0.852. The highest BCUT2D eigenvalue weighted by molar-refractivity contribution is 6.38. The van der Waals surface area contributed by atoms with Gasteiger partial charge in [-0.25, -0.2) is 0 Å². The number of hydrogen-bond donors (Lipinski definition) is 0. The Morgan fingerprint density at radius 1 is 1.10 bits per heavy atom. The van der Waals surface area contributed by atoms with Crippen molar-refractivity contribution in [2.45, 2.75) is 0 Å². The van der Waals surface area contributed by atoms with E-state index in [0.717, 1.165) is 5.56 Å². The van der Waals surface area contributed by atoms with Crippen LogP contribution in [0.3, 0.4) is 0 Å². The average molecular weight is 341 g/mol. The monoisotopic (exact) mass is 339 g/mol. The van der Waals surface area contributed by atoms with Gasteiger partial charge in [-0.05, 0) is 23.8 Å². The van der Waals surface area contributed by atoms with Crippen LogP contribution in [-0.4, -0.2) is 11.8 Å². The van der Waals surface area contributed by atoms with E-state index in [-0.39, 0.29) is 11.8 Å². The lowest BCUT2D eigenvalue weighted by Crippen LogP contribution is -2.30. The number of hydrogen-bond acceptors (Lipinski definition) is 1. The SMILES string of the molecule is C=C(c1ccccc1)N(C(=O)CCl)c1ccc(Cl)cc1Cl. The first kappa shape index (κ1) is 15.9. The van der Waals surface area contributed by atoms with E-state index in [4.69, 9.17) is 34.8 Å². The topological polar surface area (TPSA) is 20.3 Å². The van der Waals surface area contributed by atoms with Crippen LogP contribution in [0.1, 0.15) is 5.56 Å². The van der Waals surface area contributed by atoms with Crippen molar-refractivity contribution in [3.05, 3.63) is 70.7 Å². The molecule has 0 saturated heterocycles. The van der Waals surface area contributed by atoms with Gasteiger partial charge in [-0.15, -0.1) is 11.6 Å². The molecule has 2 aromatic carbocycles. The number of anilines is 1. The Hall–Kier alpha value is -1.48. The van der Waals surface area contributed by atoms with Gasteiger partial charge < -0.3 is 0 Å². The lowest BCUT2D eigenvalue weighted by Gasteiger charge is -2.25. The van der Waals surface area contributed by atoms with E-state index in [2.05, 4.69) is 6.58 Å². The van der Waals surface area contributed by atoms with Crippen molar-refractivity contribution in [1.82, 2.24) is 0 Å². The van der Waals surface area contributed by atoms with E-state index in [1.165, 1.54) is 4.90 Å². The number of carbonyl (C=O) groups excluding carboxylic acids is 1. The van der Waals surface area contributed by atoms with Crippen LogP contribution >= 0.6 is 34.8 Å². The quantitative estimate of drug-likeness (QED) is 0.697. The van der Waals surface area contributed by atoms with Crippen LogP contribution in [0, 0.1) is 0 Å². The van der Waals surface area contributed by atoms with Gasteiger partial charge in [0.1, 0.15) is 5.88 Å². The van der Waals surface area contributed by atoms with Gasteiger partial charge >= 0.3 is 0 Å². The fourth-order valence-electron chi connectivity index (χ4n) is 1.91. The van der Waals surface area contributed by atoms with E-state index in [9.17, 15) is 4.79 Å². The fraction of sp³-hybridized carbons (Fsp3) is 0.0625. The van der Waals surface area contributed by atoms with Crippen molar-refractivity contribution in [3.63, 3.8) is 0 Å². The molecule has 0 aliphatic heterocycles. The summed E-state index contributed by atoms with van der Waals surface area (Å²) < 4.78 is 0. The fourth-order valence-corrected chi connectivity index (χ4v) is 2.52. The third-order valence-corrected chi connectivity index (χ3v) is 3.66. The molecule has 0 unspecified atom stereocenters.